The van der Waals surface area contributed by atoms with E-state index in [9.17, 15) is 14.5 Å². The van der Waals surface area contributed by atoms with Crippen molar-refractivity contribution in [2.45, 2.75) is 19.4 Å². The molecule has 0 aliphatic carbocycles. The zero-order valence-corrected chi connectivity index (χ0v) is 11.5. The number of nitrogens with zero attached hydrogens (tertiary/aromatic N) is 1. The maximum absolute atomic E-state index is 13.1. The van der Waals surface area contributed by atoms with Crippen LogP contribution >= 0.6 is 0 Å². The van der Waals surface area contributed by atoms with E-state index in [1.807, 2.05) is 13.0 Å². The van der Waals surface area contributed by atoms with Gasteiger partial charge >= 0.3 is 5.69 Å². The molecule has 0 spiro atoms. The molecule has 110 valence electrons. The van der Waals surface area contributed by atoms with Gasteiger partial charge in [0.1, 0.15) is 11.6 Å². The van der Waals surface area contributed by atoms with Crippen LogP contribution in [-0.4, -0.2) is 4.92 Å². The number of benzene rings is 2. The molecule has 5 nitrogen and oxygen atoms in total. The summed E-state index contributed by atoms with van der Waals surface area (Å²) in [5.41, 5.74) is 6.32. The van der Waals surface area contributed by atoms with E-state index in [2.05, 4.69) is 0 Å². The topological polar surface area (TPSA) is 78.4 Å². The highest BCUT2D eigenvalue weighted by Gasteiger charge is 2.19. The highest BCUT2D eigenvalue weighted by atomic mass is 19.1. The van der Waals surface area contributed by atoms with Crippen molar-refractivity contribution in [2.75, 3.05) is 0 Å². The quantitative estimate of drug-likeness (QED) is 0.668. The summed E-state index contributed by atoms with van der Waals surface area (Å²) in [6.45, 7) is 1.93. The second-order valence-electron chi connectivity index (χ2n) is 4.52. The van der Waals surface area contributed by atoms with Crippen molar-refractivity contribution in [3.63, 3.8) is 0 Å². The zero-order chi connectivity index (χ0) is 15.4. The third-order valence-corrected chi connectivity index (χ3v) is 3.10. The van der Waals surface area contributed by atoms with Crippen molar-refractivity contribution >= 4 is 5.69 Å². The monoisotopic (exact) mass is 290 g/mol. The van der Waals surface area contributed by atoms with Gasteiger partial charge in [-0.25, -0.2) is 4.39 Å². The maximum atomic E-state index is 13.1. The molecule has 2 N–H and O–H groups in total. The van der Waals surface area contributed by atoms with E-state index in [0.717, 1.165) is 17.7 Å². The van der Waals surface area contributed by atoms with Crippen molar-refractivity contribution < 1.29 is 14.1 Å². The Morgan fingerprint density at radius 1 is 1.29 bits per heavy atom. The van der Waals surface area contributed by atoms with Gasteiger partial charge < -0.3 is 10.5 Å². The predicted octanol–water partition coefficient (Wildman–Crippen LogP) is 3.94. The Kier molecular flexibility index (Phi) is 4.49. The number of nitro benzene ring substituents is 1. The lowest BCUT2D eigenvalue weighted by molar-refractivity contribution is -0.385. The van der Waals surface area contributed by atoms with Crippen LogP contribution in [0.3, 0.4) is 0 Å². The Morgan fingerprint density at radius 3 is 2.67 bits per heavy atom. The maximum Gasteiger partial charge on any atom is 0.314 e. The first-order valence-electron chi connectivity index (χ1n) is 6.49. The molecule has 6 heteroatoms. The van der Waals surface area contributed by atoms with Crippen LogP contribution in [0, 0.1) is 15.9 Å². The second kappa shape index (κ2) is 6.32. The number of halogens is 1. The van der Waals surface area contributed by atoms with Crippen molar-refractivity contribution in [3.05, 3.63) is 64.0 Å². The second-order valence-corrected chi connectivity index (χ2v) is 4.52. The standard InChI is InChI=1S/C15H15FN2O3/c1-2-12(17)11-5-3-4-6-14(11)21-15-8-7-10(16)9-13(15)18(19)20/h3-9,12H,2,17H2,1H3. The lowest BCUT2D eigenvalue weighted by Gasteiger charge is -2.15. The van der Waals surface area contributed by atoms with Crippen molar-refractivity contribution in [1.29, 1.82) is 0 Å². The summed E-state index contributed by atoms with van der Waals surface area (Å²) in [7, 11) is 0. The van der Waals surface area contributed by atoms with Gasteiger partial charge in [0.05, 0.1) is 11.0 Å². The summed E-state index contributed by atoms with van der Waals surface area (Å²) in [6, 6.07) is 9.99. The first-order valence-corrected chi connectivity index (χ1v) is 6.49. The van der Waals surface area contributed by atoms with Crippen molar-refractivity contribution in [1.82, 2.24) is 0 Å². The first-order chi connectivity index (χ1) is 10.0. The molecule has 0 aliphatic rings. The third kappa shape index (κ3) is 3.35. The van der Waals surface area contributed by atoms with Gasteiger partial charge in [0, 0.05) is 11.6 Å². The average Bonchev–Trinajstić information content (AvgIpc) is 2.48. The number of nitrogens with two attached hydrogens (primary N) is 1. The van der Waals surface area contributed by atoms with Crippen molar-refractivity contribution in [3.8, 4) is 11.5 Å². The van der Waals surface area contributed by atoms with Crippen LogP contribution in [0.1, 0.15) is 24.9 Å². The largest absolute Gasteiger partial charge is 0.450 e. The fourth-order valence-corrected chi connectivity index (χ4v) is 1.94. The van der Waals surface area contributed by atoms with Crippen LogP contribution in [0.2, 0.25) is 0 Å². The number of para-hydroxylation sites is 1. The molecule has 2 rings (SSSR count). The van der Waals surface area contributed by atoms with E-state index in [1.165, 1.54) is 6.07 Å². The van der Waals surface area contributed by atoms with E-state index in [1.54, 1.807) is 18.2 Å². The van der Waals surface area contributed by atoms with Crippen LogP contribution in [0.15, 0.2) is 42.5 Å². The number of nitro groups is 1. The molecule has 0 amide bonds. The molecule has 2 aromatic carbocycles. The van der Waals surface area contributed by atoms with Crippen LogP contribution in [0.5, 0.6) is 11.5 Å². The molecule has 1 unspecified atom stereocenters. The molecule has 0 bridgehead atoms. The van der Waals surface area contributed by atoms with Crippen LogP contribution in [-0.2, 0) is 0 Å². The summed E-state index contributed by atoms with van der Waals surface area (Å²) in [5.74, 6) is -0.272. The van der Waals surface area contributed by atoms with Crippen LogP contribution < -0.4 is 10.5 Å². The summed E-state index contributed by atoms with van der Waals surface area (Å²) < 4.78 is 18.7. The molecule has 2 aromatic rings. The molecule has 0 heterocycles. The Morgan fingerprint density at radius 2 is 2.00 bits per heavy atom. The highest BCUT2D eigenvalue weighted by molar-refractivity contribution is 5.50. The van der Waals surface area contributed by atoms with Crippen LogP contribution in [0.25, 0.3) is 0 Å². The third-order valence-electron chi connectivity index (χ3n) is 3.10. The van der Waals surface area contributed by atoms with Gasteiger partial charge in [0.15, 0.2) is 0 Å². The normalized spacial score (nSPS) is 12.0. The van der Waals surface area contributed by atoms with Gasteiger partial charge in [-0.15, -0.1) is 0 Å². The van der Waals surface area contributed by atoms with E-state index >= 15 is 0 Å². The zero-order valence-electron chi connectivity index (χ0n) is 11.5. The smallest absolute Gasteiger partial charge is 0.314 e. The molecule has 0 radical (unpaired) electrons. The van der Waals surface area contributed by atoms with Crippen molar-refractivity contribution in [2.24, 2.45) is 5.73 Å². The average molecular weight is 290 g/mol. The Labute approximate surface area is 121 Å². The lowest BCUT2D eigenvalue weighted by atomic mass is 10.0. The molecular formula is C15H15FN2O3. The Hall–Kier alpha value is -2.47. The van der Waals surface area contributed by atoms with Gasteiger partial charge in [-0.05, 0) is 24.6 Å². The molecule has 0 fully saturated rings. The van der Waals surface area contributed by atoms with Crippen LogP contribution in [0.4, 0.5) is 10.1 Å². The number of ether oxygens (including phenoxy) is 1. The summed E-state index contributed by atoms with van der Waals surface area (Å²) >= 11 is 0. The summed E-state index contributed by atoms with van der Waals surface area (Å²) in [6.07, 6.45) is 0.700. The molecule has 0 saturated carbocycles. The Balaban J connectivity index is 2.41. The first kappa shape index (κ1) is 14.9. The van der Waals surface area contributed by atoms with Gasteiger partial charge in [-0.3, -0.25) is 10.1 Å². The minimum absolute atomic E-state index is 0.0165. The SMILES string of the molecule is CCC(N)c1ccccc1Oc1ccc(F)cc1[N+](=O)[O-]. The summed E-state index contributed by atoms with van der Waals surface area (Å²) in [5, 5.41) is 11.0. The molecule has 0 saturated heterocycles. The lowest BCUT2D eigenvalue weighted by Crippen LogP contribution is -2.10. The summed E-state index contributed by atoms with van der Waals surface area (Å²) in [4.78, 5) is 10.3. The minimum atomic E-state index is -0.687. The predicted molar refractivity (Wildman–Crippen MR) is 76.8 cm³/mol. The highest BCUT2D eigenvalue weighted by Crippen LogP contribution is 2.35. The fourth-order valence-electron chi connectivity index (χ4n) is 1.94. The Bertz CT molecular complexity index is 661. The van der Waals surface area contributed by atoms with E-state index < -0.39 is 16.4 Å². The van der Waals surface area contributed by atoms with E-state index in [0.29, 0.717) is 12.2 Å². The van der Waals surface area contributed by atoms with Gasteiger partial charge in [0.2, 0.25) is 5.75 Å². The van der Waals surface area contributed by atoms with E-state index in [-0.39, 0.29) is 11.8 Å². The molecular weight excluding hydrogens is 275 g/mol. The fraction of sp³-hybridized carbons (Fsp3) is 0.200. The molecule has 1 atom stereocenters. The minimum Gasteiger partial charge on any atom is -0.450 e. The molecule has 0 aromatic heterocycles. The van der Waals surface area contributed by atoms with Gasteiger partial charge in [-0.1, -0.05) is 25.1 Å². The number of hydrogen-bond acceptors (Lipinski definition) is 4. The number of rotatable bonds is 5. The van der Waals surface area contributed by atoms with E-state index in [4.69, 9.17) is 10.5 Å². The molecule has 21 heavy (non-hydrogen) atoms. The van der Waals surface area contributed by atoms with Gasteiger partial charge in [0.25, 0.3) is 0 Å². The number of hydrogen-bond donors (Lipinski definition) is 1. The molecule has 0 aliphatic heterocycles. The van der Waals surface area contributed by atoms with Gasteiger partial charge in [-0.2, -0.15) is 0 Å².